The van der Waals surface area contributed by atoms with E-state index in [9.17, 15) is 9.59 Å². The standard InChI is InChI=1S/C15H19N3O3/c1-9(15(20)21-2)18-14(19)12(16)7-10-8-17-13-6-4-3-5-11(10)13/h3-6,8-9,12,17H,7,16H2,1-2H3,(H,18,19)/t9-,12?/m0/s1. The van der Waals surface area contributed by atoms with Crippen LogP contribution in [0.5, 0.6) is 0 Å². The van der Waals surface area contributed by atoms with Crippen LogP contribution in [0.1, 0.15) is 12.5 Å². The Morgan fingerprint density at radius 1 is 1.38 bits per heavy atom. The monoisotopic (exact) mass is 289 g/mol. The van der Waals surface area contributed by atoms with Gasteiger partial charge in [-0.2, -0.15) is 0 Å². The van der Waals surface area contributed by atoms with E-state index in [0.717, 1.165) is 16.5 Å². The number of rotatable bonds is 5. The SMILES string of the molecule is COC(=O)[C@H](C)NC(=O)C(N)Cc1c[nH]c2ccccc12. The Balaban J connectivity index is 2.02. The predicted molar refractivity (Wildman–Crippen MR) is 79.6 cm³/mol. The number of nitrogens with one attached hydrogen (secondary N) is 2. The Hall–Kier alpha value is -2.34. The third-order valence-electron chi connectivity index (χ3n) is 3.37. The third kappa shape index (κ3) is 3.41. The van der Waals surface area contributed by atoms with Crippen LogP contribution >= 0.6 is 0 Å². The fourth-order valence-corrected chi connectivity index (χ4v) is 2.19. The van der Waals surface area contributed by atoms with Crippen molar-refractivity contribution in [2.24, 2.45) is 5.73 Å². The van der Waals surface area contributed by atoms with Crippen molar-refractivity contribution in [2.75, 3.05) is 7.11 Å². The number of methoxy groups -OCH3 is 1. The minimum absolute atomic E-state index is 0.377. The number of fused-ring (bicyclic) bond motifs is 1. The van der Waals surface area contributed by atoms with Gasteiger partial charge in [0, 0.05) is 17.1 Å². The molecule has 1 amide bonds. The van der Waals surface area contributed by atoms with Crippen LogP contribution in [0.2, 0.25) is 0 Å². The molecule has 21 heavy (non-hydrogen) atoms. The van der Waals surface area contributed by atoms with Gasteiger partial charge >= 0.3 is 5.97 Å². The van der Waals surface area contributed by atoms with Crippen LogP contribution < -0.4 is 11.1 Å². The first kappa shape index (κ1) is 15.1. The van der Waals surface area contributed by atoms with Crippen LogP contribution in [0.4, 0.5) is 0 Å². The molecule has 6 heteroatoms. The topological polar surface area (TPSA) is 97.2 Å². The van der Waals surface area contributed by atoms with Gasteiger partial charge in [-0.15, -0.1) is 0 Å². The van der Waals surface area contributed by atoms with E-state index in [-0.39, 0.29) is 5.91 Å². The van der Waals surface area contributed by atoms with Crippen LogP contribution in [-0.4, -0.2) is 36.1 Å². The van der Waals surface area contributed by atoms with Gasteiger partial charge in [0.25, 0.3) is 0 Å². The summed E-state index contributed by atoms with van der Waals surface area (Å²) in [5.41, 5.74) is 7.89. The van der Waals surface area contributed by atoms with Gasteiger partial charge < -0.3 is 20.8 Å². The second kappa shape index (κ2) is 6.41. The van der Waals surface area contributed by atoms with Crippen molar-refractivity contribution in [3.63, 3.8) is 0 Å². The van der Waals surface area contributed by atoms with Crippen LogP contribution in [0, 0.1) is 0 Å². The van der Waals surface area contributed by atoms with Gasteiger partial charge in [-0.05, 0) is 25.0 Å². The summed E-state index contributed by atoms with van der Waals surface area (Å²) in [6.45, 7) is 1.56. The molecule has 0 bridgehead atoms. The number of benzene rings is 1. The van der Waals surface area contributed by atoms with E-state index in [1.54, 1.807) is 6.92 Å². The molecule has 0 saturated heterocycles. The number of hydrogen-bond acceptors (Lipinski definition) is 4. The van der Waals surface area contributed by atoms with E-state index in [2.05, 4.69) is 15.0 Å². The molecule has 112 valence electrons. The second-order valence-corrected chi connectivity index (χ2v) is 4.92. The normalized spacial score (nSPS) is 13.7. The Kier molecular flexibility index (Phi) is 4.59. The van der Waals surface area contributed by atoms with E-state index in [1.807, 2.05) is 30.5 Å². The molecule has 0 aliphatic rings. The number of aromatic amines is 1. The summed E-state index contributed by atoms with van der Waals surface area (Å²) in [5.74, 6) is -0.874. The molecule has 0 spiro atoms. The summed E-state index contributed by atoms with van der Waals surface area (Å²) in [4.78, 5) is 26.4. The quantitative estimate of drug-likeness (QED) is 0.706. The molecule has 2 atom stereocenters. The maximum absolute atomic E-state index is 12.0. The van der Waals surface area contributed by atoms with E-state index in [0.29, 0.717) is 6.42 Å². The first-order valence-electron chi connectivity index (χ1n) is 6.71. The number of amides is 1. The largest absolute Gasteiger partial charge is 0.467 e. The first-order valence-corrected chi connectivity index (χ1v) is 6.71. The zero-order valence-corrected chi connectivity index (χ0v) is 12.1. The van der Waals surface area contributed by atoms with Crippen molar-refractivity contribution in [3.05, 3.63) is 36.0 Å². The summed E-state index contributed by atoms with van der Waals surface area (Å²) in [5, 5.41) is 3.59. The average Bonchev–Trinajstić information content (AvgIpc) is 2.89. The van der Waals surface area contributed by atoms with Gasteiger partial charge in [0.05, 0.1) is 13.2 Å². The lowest BCUT2D eigenvalue weighted by Gasteiger charge is -2.15. The maximum atomic E-state index is 12.0. The van der Waals surface area contributed by atoms with Gasteiger partial charge in [-0.25, -0.2) is 4.79 Å². The lowest BCUT2D eigenvalue weighted by atomic mass is 10.0. The zero-order chi connectivity index (χ0) is 15.4. The van der Waals surface area contributed by atoms with Crippen molar-refractivity contribution in [1.82, 2.24) is 10.3 Å². The highest BCUT2D eigenvalue weighted by Gasteiger charge is 2.21. The molecule has 1 unspecified atom stereocenters. The van der Waals surface area contributed by atoms with E-state index in [1.165, 1.54) is 7.11 Å². The zero-order valence-electron chi connectivity index (χ0n) is 12.1. The van der Waals surface area contributed by atoms with Gasteiger partial charge in [-0.3, -0.25) is 4.79 Å². The second-order valence-electron chi connectivity index (χ2n) is 4.92. The molecule has 2 aromatic rings. The highest BCUT2D eigenvalue weighted by atomic mass is 16.5. The number of H-pyrrole nitrogens is 1. The number of ether oxygens (including phenoxy) is 1. The summed E-state index contributed by atoms with van der Waals surface area (Å²) < 4.78 is 4.56. The molecular weight excluding hydrogens is 270 g/mol. The number of hydrogen-bond donors (Lipinski definition) is 3. The number of carbonyl (C=O) groups excluding carboxylic acids is 2. The minimum Gasteiger partial charge on any atom is -0.467 e. The molecule has 0 radical (unpaired) electrons. The molecule has 2 rings (SSSR count). The van der Waals surface area contributed by atoms with Crippen LogP contribution in [0.25, 0.3) is 10.9 Å². The average molecular weight is 289 g/mol. The number of carbonyl (C=O) groups is 2. The summed E-state index contributed by atoms with van der Waals surface area (Å²) in [6, 6.07) is 6.37. The van der Waals surface area contributed by atoms with Gasteiger partial charge in [0.15, 0.2) is 0 Å². The van der Waals surface area contributed by atoms with E-state index >= 15 is 0 Å². The van der Waals surface area contributed by atoms with E-state index in [4.69, 9.17) is 5.73 Å². The van der Waals surface area contributed by atoms with Crippen molar-refractivity contribution in [1.29, 1.82) is 0 Å². The smallest absolute Gasteiger partial charge is 0.328 e. The molecule has 1 aromatic carbocycles. The summed E-state index contributed by atoms with van der Waals surface area (Å²) in [6.07, 6.45) is 2.24. The Bertz CT molecular complexity index is 650. The van der Waals surface area contributed by atoms with Gasteiger partial charge in [-0.1, -0.05) is 18.2 Å². The molecule has 0 saturated carbocycles. The third-order valence-corrected chi connectivity index (χ3v) is 3.37. The number of esters is 1. The van der Waals surface area contributed by atoms with Crippen molar-refractivity contribution in [2.45, 2.75) is 25.4 Å². The van der Waals surface area contributed by atoms with Crippen molar-refractivity contribution >= 4 is 22.8 Å². The Morgan fingerprint density at radius 2 is 2.10 bits per heavy atom. The van der Waals surface area contributed by atoms with Gasteiger partial charge in [0.2, 0.25) is 5.91 Å². The van der Waals surface area contributed by atoms with Crippen LogP contribution in [0.15, 0.2) is 30.5 Å². The number of nitrogens with two attached hydrogens (primary N) is 1. The van der Waals surface area contributed by atoms with Crippen LogP contribution in [0.3, 0.4) is 0 Å². The molecule has 1 heterocycles. The van der Waals surface area contributed by atoms with Gasteiger partial charge in [0.1, 0.15) is 6.04 Å². The minimum atomic E-state index is -0.726. The predicted octanol–water partition coefficient (Wildman–Crippen LogP) is 0.715. The number of para-hydroxylation sites is 1. The van der Waals surface area contributed by atoms with Crippen molar-refractivity contribution in [3.8, 4) is 0 Å². The lowest BCUT2D eigenvalue weighted by Crippen LogP contribution is -2.48. The highest BCUT2D eigenvalue weighted by Crippen LogP contribution is 2.18. The molecule has 0 aliphatic carbocycles. The van der Waals surface area contributed by atoms with Crippen LogP contribution in [-0.2, 0) is 20.7 Å². The first-order chi connectivity index (χ1) is 10.0. The fourth-order valence-electron chi connectivity index (χ4n) is 2.19. The highest BCUT2D eigenvalue weighted by molar-refractivity contribution is 5.88. The summed E-state index contributed by atoms with van der Waals surface area (Å²) in [7, 11) is 1.27. The maximum Gasteiger partial charge on any atom is 0.328 e. The fraction of sp³-hybridized carbons (Fsp3) is 0.333. The molecule has 1 aromatic heterocycles. The molecule has 6 nitrogen and oxygen atoms in total. The van der Waals surface area contributed by atoms with Crippen molar-refractivity contribution < 1.29 is 14.3 Å². The number of aromatic nitrogens is 1. The molecule has 0 aliphatic heterocycles. The molecule has 0 fully saturated rings. The lowest BCUT2D eigenvalue weighted by molar-refractivity contribution is -0.144. The van der Waals surface area contributed by atoms with E-state index < -0.39 is 18.1 Å². The molecule has 4 N–H and O–H groups in total. The Morgan fingerprint density at radius 3 is 2.81 bits per heavy atom. The summed E-state index contributed by atoms with van der Waals surface area (Å²) >= 11 is 0. The Labute approximate surface area is 122 Å². The molecular formula is C15H19N3O3.